The fourth-order valence-electron chi connectivity index (χ4n) is 3.01. The Morgan fingerprint density at radius 2 is 1.67 bits per heavy atom. The zero-order valence-corrected chi connectivity index (χ0v) is 16.7. The highest BCUT2D eigenvalue weighted by molar-refractivity contribution is 5.96. The van der Waals surface area contributed by atoms with Crippen LogP contribution in [0.5, 0.6) is 5.75 Å². The number of para-hydroxylation sites is 3. The normalized spacial score (nSPS) is 10.6. The van der Waals surface area contributed by atoms with Gasteiger partial charge in [0.1, 0.15) is 5.75 Å². The van der Waals surface area contributed by atoms with E-state index in [4.69, 9.17) is 4.74 Å². The maximum atomic E-state index is 12.5. The fourth-order valence-corrected chi connectivity index (χ4v) is 3.01. The van der Waals surface area contributed by atoms with Gasteiger partial charge < -0.3 is 15.0 Å². The molecule has 2 rings (SSSR count). The summed E-state index contributed by atoms with van der Waals surface area (Å²) in [6.45, 7) is 9.66. The van der Waals surface area contributed by atoms with Gasteiger partial charge in [0.15, 0.2) is 0 Å². The van der Waals surface area contributed by atoms with Crippen molar-refractivity contribution >= 4 is 23.2 Å². The topological polar surface area (TPSA) is 58.6 Å². The Kier molecular flexibility index (Phi) is 6.99. The van der Waals surface area contributed by atoms with Crippen molar-refractivity contribution in [3.05, 3.63) is 53.6 Å². The second-order valence-corrected chi connectivity index (χ2v) is 6.87. The Balaban J connectivity index is 2.09. The molecule has 0 saturated carbocycles. The Hall–Kier alpha value is -2.82. The highest BCUT2D eigenvalue weighted by Gasteiger charge is 2.18. The van der Waals surface area contributed by atoms with E-state index >= 15 is 0 Å². The number of anilines is 2. The zero-order chi connectivity index (χ0) is 20.0. The van der Waals surface area contributed by atoms with Crippen LogP contribution in [0.25, 0.3) is 0 Å². The molecule has 5 heteroatoms. The molecule has 0 atom stereocenters. The quantitative estimate of drug-likeness (QED) is 0.784. The van der Waals surface area contributed by atoms with Crippen molar-refractivity contribution in [1.29, 1.82) is 0 Å². The lowest BCUT2D eigenvalue weighted by Crippen LogP contribution is -2.33. The molecule has 0 aliphatic heterocycles. The second-order valence-electron chi connectivity index (χ2n) is 6.87. The van der Waals surface area contributed by atoms with Gasteiger partial charge in [-0.05, 0) is 51.0 Å². The third-order valence-corrected chi connectivity index (χ3v) is 4.18. The van der Waals surface area contributed by atoms with Gasteiger partial charge in [0.05, 0.1) is 11.8 Å². The molecule has 2 amide bonds. The van der Waals surface area contributed by atoms with E-state index in [-0.39, 0.29) is 24.3 Å². The minimum atomic E-state index is -0.160. The van der Waals surface area contributed by atoms with Gasteiger partial charge in [-0.1, -0.05) is 30.3 Å². The molecular formula is C22H28N2O3. The van der Waals surface area contributed by atoms with Crippen LogP contribution in [0, 0.1) is 13.8 Å². The molecule has 0 spiro atoms. The van der Waals surface area contributed by atoms with E-state index in [1.165, 1.54) is 6.92 Å². The number of hydrogen-bond acceptors (Lipinski definition) is 3. The van der Waals surface area contributed by atoms with Crippen LogP contribution in [-0.4, -0.2) is 24.5 Å². The van der Waals surface area contributed by atoms with Crippen LogP contribution in [0.2, 0.25) is 0 Å². The maximum absolute atomic E-state index is 12.5. The van der Waals surface area contributed by atoms with Gasteiger partial charge in [-0.3, -0.25) is 9.59 Å². The summed E-state index contributed by atoms with van der Waals surface area (Å²) in [6, 6.07) is 13.3. The molecule has 5 nitrogen and oxygen atoms in total. The Morgan fingerprint density at radius 3 is 2.26 bits per heavy atom. The minimum absolute atomic E-state index is 0.0142. The lowest BCUT2D eigenvalue weighted by atomic mass is 10.1. The Bertz CT molecular complexity index is 795. The number of nitrogens with zero attached hydrogens (tertiary/aromatic N) is 1. The maximum Gasteiger partial charge on any atom is 0.226 e. The van der Waals surface area contributed by atoms with Crippen molar-refractivity contribution in [1.82, 2.24) is 0 Å². The Labute approximate surface area is 161 Å². The average Bonchev–Trinajstić information content (AvgIpc) is 2.58. The molecule has 0 fully saturated rings. The fraction of sp³-hybridized carbons (Fsp3) is 0.364. The summed E-state index contributed by atoms with van der Waals surface area (Å²) < 4.78 is 5.73. The first-order valence-electron chi connectivity index (χ1n) is 9.19. The molecule has 0 unspecified atom stereocenters. The number of aryl methyl sites for hydroxylation is 2. The first-order valence-corrected chi connectivity index (χ1v) is 9.19. The lowest BCUT2D eigenvalue weighted by Gasteiger charge is -2.25. The summed E-state index contributed by atoms with van der Waals surface area (Å²) in [5, 5.41) is 2.89. The summed E-state index contributed by atoms with van der Waals surface area (Å²) in [6.07, 6.45) is 0.212. The van der Waals surface area contributed by atoms with Crippen molar-refractivity contribution in [3.8, 4) is 5.75 Å². The van der Waals surface area contributed by atoms with E-state index in [0.29, 0.717) is 18.0 Å². The van der Waals surface area contributed by atoms with Crippen LogP contribution in [0.3, 0.4) is 0 Å². The van der Waals surface area contributed by atoms with E-state index in [1.54, 1.807) is 4.90 Å². The molecule has 0 aromatic heterocycles. The van der Waals surface area contributed by atoms with Gasteiger partial charge >= 0.3 is 0 Å². The highest BCUT2D eigenvalue weighted by Crippen LogP contribution is 2.26. The number of nitrogens with one attached hydrogen (secondary N) is 1. The van der Waals surface area contributed by atoms with Gasteiger partial charge in [-0.25, -0.2) is 0 Å². The summed E-state index contributed by atoms with van der Waals surface area (Å²) in [5.74, 6) is 0.398. The van der Waals surface area contributed by atoms with Gasteiger partial charge in [0.25, 0.3) is 0 Å². The van der Waals surface area contributed by atoms with Gasteiger partial charge in [-0.15, -0.1) is 0 Å². The van der Waals surface area contributed by atoms with Crippen LogP contribution in [0.15, 0.2) is 42.5 Å². The molecule has 0 radical (unpaired) electrons. The zero-order valence-electron chi connectivity index (χ0n) is 16.7. The van der Waals surface area contributed by atoms with Crippen molar-refractivity contribution in [2.45, 2.75) is 47.1 Å². The molecule has 0 saturated heterocycles. The SMILES string of the molecule is CC(=O)N(CCC(=O)Nc1ccccc1OC(C)C)c1c(C)cccc1C. The molecule has 2 aromatic rings. The van der Waals surface area contributed by atoms with E-state index in [1.807, 2.05) is 70.2 Å². The Morgan fingerprint density at radius 1 is 1.04 bits per heavy atom. The number of hydrogen-bond donors (Lipinski definition) is 1. The van der Waals surface area contributed by atoms with E-state index in [2.05, 4.69) is 5.32 Å². The smallest absolute Gasteiger partial charge is 0.226 e. The number of benzene rings is 2. The minimum Gasteiger partial charge on any atom is -0.489 e. The number of rotatable bonds is 7. The molecule has 27 heavy (non-hydrogen) atoms. The summed E-state index contributed by atoms with van der Waals surface area (Å²) >= 11 is 0. The van der Waals surface area contributed by atoms with Crippen molar-refractivity contribution in [2.24, 2.45) is 0 Å². The first kappa shape index (κ1) is 20.5. The summed E-state index contributed by atoms with van der Waals surface area (Å²) in [5.41, 5.74) is 3.54. The molecule has 0 aliphatic carbocycles. The molecule has 144 valence electrons. The standard InChI is InChI=1S/C22H28N2O3/c1-15(2)27-20-12-7-6-11-19(20)23-21(26)13-14-24(18(5)25)22-16(3)9-8-10-17(22)4/h6-12,15H,13-14H2,1-5H3,(H,23,26). The number of ether oxygens (including phenoxy) is 1. The van der Waals surface area contributed by atoms with Gasteiger partial charge in [-0.2, -0.15) is 0 Å². The monoisotopic (exact) mass is 368 g/mol. The molecule has 1 N–H and O–H groups in total. The number of carbonyl (C=O) groups excluding carboxylic acids is 2. The first-order chi connectivity index (χ1) is 12.8. The molecular weight excluding hydrogens is 340 g/mol. The van der Waals surface area contributed by atoms with Crippen LogP contribution in [-0.2, 0) is 9.59 Å². The van der Waals surface area contributed by atoms with E-state index in [0.717, 1.165) is 16.8 Å². The van der Waals surface area contributed by atoms with E-state index < -0.39 is 0 Å². The van der Waals surface area contributed by atoms with E-state index in [9.17, 15) is 9.59 Å². The molecule has 0 heterocycles. The largest absolute Gasteiger partial charge is 0.489 e. The van der Waals surface area contributed by atoms with Gasteiger partial charge in [0, 0.05) is 25.6 Å². The van der Waals surface area contributed by atoms with Crippen molar-refractivity contribution < 1.29 is 14.3 Å². The van der Waals surface area contributed by atoms with Crippen LogP contribution in [0.4, 0.5) is 11.4 Å². The predicted molar refractivity (Wildman–Crippen MR) is 109 cm³/mol. The van der Waals surface area contributed by atoms with Gasteiger partial charge in [0.2, 0.25) is 11.8 Å². The van der Waals surface area contributed by atoms with Crippen LogP contribution in [0.1, 0.15) is 38.3 Å². The predicted octanol–water partition coefficient (Wildman–Crippen LogP) is 4.47. The van der Waals surface area contributed by atoms with Crippen LogP contribution >= 0.6 is 0 Å². The summed E-state index contributed by atoms with van der Waals surface area (Å²) in [4.78, 5) is 26.3. The molecule has 2 aromatic carbocycles. The van der Waals surface area contributed by atoms with Crippen LogP contribution < -0.4 is 15.0 Å². The molecule has 0 aliphatic rings. The van der Waals surface area contributed by atoms with Crippen molar-refractivity contribution in [2.75, 3.05) is 16.8 Å². The summed E-state index contributed by atoms with van der Waals surface area (Å²) in [7, 11) is 0. The number of amides is 2. The lowest BCUT2D eigenvalue weighted by molar-refractivity contribution is -0.117. The second kappa shape index (κ2) is 9.21. The highest BCUT2D eigenvalue weighted by atomic mass is 16.5. The third-order valence-electron chi connectivity index (χ3n) is 4.18. The molecule has 0 bridgehead atoms. The average molecular weight is 368 g/mol. The van der Waals surface area contributed by atoms with Crippen molar-refractivity contribution in [3.63, 3.8) is 0 Å². The third kappa shape index (κ3) is 5.58. The number of carbonyl (C=O) groups is 2.